The van der Waals surface area contributed by atoms with Crippen LogP contribution in [0.4, 0.5) is 4.39 Å². The predicted octanol–water partition coefficient (Wildman–Crippen LogP) is 1.44. The van der Waals surface area contributed by atoms with Gasteiger partial charge in [-0.1, -0.05) is 0 Å². The minimum Gasteiger partial charge on any atom is -0.507 e. The van der Waals surface area contributed by atoms with Crippen LogP contribution in [0.2, 0.25) is 0 Å². The standard InChI is InChI=1S/C8H7FO3/c1-4(10)5-2-8(12)6(9)3-7(5)11/h2-3,11-12H,1H3. The molecule has 0 fully saturated rings. The Morgan fingerprint density at radius 2 is 1.92 bits per heavy atom. The Balaban J connectivity index is 3.33. The fraction of sp³-hybridized carbons (Fsp3) is 0.125. The zero-order valence-corrected chi connectivity index (χ0v) is 6.34. The SMILES string of the molecule is CC(=O)c1cc(O)c(F)cc1O. The average Bonchev–Trinajstić information content (AvgIpc) is 1.96. The van der Waals surface area contributed by atoms with E-state index in [0.717, 1.165) is 6.07 Å². The van der Waals surface area contributed by atoms with Crippen LogP contribution < -0.4 is 0 Å². The quantitative estimate of drug-likeness (QED) is 0.495. The molecule has 0 atom stereocenters. The van der Waals surface area contributed by atoms with E-state index < -0.39 is 23.1 Å². The van der Waals surface area contributed by atoms with Gasteiger partial charge in [-0.2, -0.15) is 0 Å². The van der Waals surface area contributed by atoms with Crippen LogP contribution in [-0.4, -0.2) is 16.0 Å². The van der Waals surface area contributed by atoms with E-state index in [0.29, 0.717) is 6.07 Å². The van der Waals surface area contributed by atoms with Crippen molar-refractivity contribution in [3.63, 3.8) is 0 Å². The lowest BCUT2D eigenvalue weighted by atomic mass is 10.1. The van der Waals surface area contributed by atoms with E-state index >= 15 is 0 Å². The summed E-state index contributed by atoms with van der Waals surface area (Å²) in [4.78, 5) is 10.7. The molecule has 0 aliphatic rings. The first-order valence-corrected chi connectivity index (χ1v) is 3.25. The molecule has 0 radical (unpaired) electrons. The van der Waals surface area contributed by atoms with E-state index in [2.05, 4.69) is 0 Å². The summed E-state index contributed by atoms with van der Waals surface area (Å²) in [5, 5.41) is 17.8. The Kier molecular flexibility index (Phi) is 1.99. The molecule has 1 rings (SSSR count). The topological polar surface area (TPSA) is 57.5 Å². The number of carbonyl (C=O) groups excluding carboxylic acids is 1. The molecule has 64 valence electrons. The maximum Gasteiger partial charge on any atom is 0.168 e. The third-order valence-electron chi connectivity index (χ3n) is 1.44. The largest absolute Gasteiger partial charge is 0.507 e. The van der Waals surface area contributed by atoms with Gasteiger partial charge in [-0.05, 0) is 13.0 Å². The molecular formula is C8H7FO3. The van der Waals surface area contributed by atoms with E-state index in [1.54, 1.807) is 0 Å². The van der Waals surface area contributed by atoms with Gasteiger partial charge in [0.2, 0.25) is 0 Å². The van der Waals surface area contributed by atoms with Gasteiger partial charge in [0.05, 0.1) is 5.56 Å². The molecular weight excluding hydrogens is 163 g/mol. The molecule has 0 bridgehead atoms. The molecule has 0 unspecified atom stereocenters. The summed E-state index contributed by atoms with van der Waals surface area (Å²) < 4.78 is 12.5. The Labute approximate surface area is 68.1 Å². The highest BCUT2D eigenvalue weighted by Crippen LogP contribution is 2.25. The summed E-state index contributed by atoms with van der Waals surface area (Å²) in [7, 11) is 0. The molecule has 1 aromatic carbocycles. The fourth-order valence-electron chi connectivity index (χ4n) is 0.833. The normalized spacial score (nSPS) is 9.83. The number of aromatic hydroxyl groups is 2. The van der Waals surface area contributed by atoms with Gasteiger partial charge in [0.15, 0.2) is 17.3 Å². The van der Waals surface area contributed by atoms with Gasteiger partial charge in [-0.25, -0.2) is 4.39 Å². The summed E-state index contributed by atoms with van der Waals surface area (Å²) in [5.74, 6) is -2.48. The van der Waals surface area contributed by atoms with Crippen molar-refractivity contribution in [3.8, 4) is 11.5 Å². The molecule has 0 heterocycles. The molecule has 3 nitrogen and oxygen atoms in total. The van der Waals surface area contributed by atoms with Gasteiger partial charge in [-0.15, -0.1) is 0 Å². The average molecular weight is 170 g/mol. The number of ketones is 1. The second-order valence-electron chi connectivity index (χ2n) is 2.38. The van der Waals surface area contributed by atoms with Crippen LogP contribution in [-0.2, 0) is 0 Å². The molecule has 0 saturated heterocycles. The lowest BCUT2D eigenvalue weighted by Crippen LogP contribution is -1.93. The smallest absolute Gasteiger partial charge is 0.168 e. The Bertz CT molecular complexity index is 333. The Hall–Kier alpha value is -1.58. The van der Waals surface area contributed by atoms with Crippen molar-refractivity contribution in [1.29, 1.82) is 0 Å². The van der Waals surface area contributed by atoms with Crippen LogP contribution >= 0.6 is 0 Å². The van der Waals surface area contributed by atoms with Gasteiger partial charge in [0.1, 0.15) is 5.75 Å². The number of phenols is 2. The van der Waals surface area contributed by atoms with E-state index in [1.807, 2.05) is 0 Å². The van der Waals surface area contributed by atoms with Crippen LogP contribution in [0.1, 0.15) is 17.3 Å². The van der Waals surface area contributed by atoms with Gasteiger partial charge in [0, 0.05) is 6.07 Å². The van der Waals surface area contributed by atoms with Crippen molar-refractivity contribution in [3.05, 3.63) is 23.5 Å². The monoisotopic (exact) mass is 170 g/mol. The first kappa shape index (κ1) is 8.52. The van der Waals surface area contributed by atoms with Crippen LogP contribution in [0.25, 0.3) is 0 Å². The van der Waals surface area contributed by atoms with Crippen LogP contribution in [0.5, 0.6) is 11.5 Å². The zero-order valence-electron chi connectivity index (χ0n) is 6.34. The molecule has 0 spiro atoms. The highest BCUT2D eigenvalue weighted by Gasteiger charge is 2.10. The number of hydrogen-bond acceptors (Lipinski definition) is 3. The first-order valence-electron chi connectivity index (χ1n) is 3.25. The molecule has 2 N–H and O–H groups in total. The number of carbonyl (C=O) groups is 1. The van der Waals surface area contributed by atoms with Crippen LogP contribution in [0.3, 0.4) is 0 Å². The lowest BCUT2D eigenvalue weighted by Gasteiger charge is -2.01. The highest BCUT2D eigenvalue weighted by molar-refractivity contribution is 5.97. The van der Waals surface area contributed by atoms with Gasteiger partial charge >= 0.3 is 0 Å². The van der Waals surface area contributed by atoms with E-state index in [4.69, 9.17) is 10.2 Å². The van der Waals surface area contributed by atoms with E-state index in [-0.39, 0.29) is 5.56 Å². The second-order valence-corrected chi connectivity index (χ2v) is 2.38. The van der Waals surface area contributed by atoms with Crippen molar-refractivity contribution < 1.29 is 19.4 Å². The summed E-state index contributed by atoms with van der Waals surface area (Å²) in [6.07, 6.45) is 0. The van der Waals surface area contributed by atoms with Crippen LogP contribution in [0, 0.1) is 5.82 Å². The molecule has 0 amide bonds. The number of rotatable bonds is 1. The number of halogens is 1. The molecule has 12 heavy (non-hydrogen) atoms. The highest BCUT2D eigenvalue weighted by atomic mass is 19.1. The second kappa shape index (κ2) is 2.81. The van der Waals surface area contributed by atoms with Crippen molar-refractivity contribution >= 4 is 5.78 Å². The van der Waals surface area contributed by atoms with Crippen molar-refractivity contribution in [1.82, 2.24) is 0 Å². The zero-order chi connectivity index (χ0) is 9.30. The molecule has 1 aromatic rings. The lowest BCUT2D eigenvalue weighted by molar-refractivity contribution is 0.101. The number of Topliss-reactive ketones (excluding diaryl/α,β-unsaturated/α-hetero) is 1. The fourth-order valence-corrected chi connectivity index (χ4v) is 0.833. The number of phenolic OH excluding ortho intramolecular Hbond substituents is 2. The minimum atomic E-state index is -0.947. The molecule has 0 aliphatic carbocycles. The van der Waals surface area contributed by atoms with E-state index in [1.165, 1.54) is 6.92 Å². The first-order chi connectivity index (χ1) is 5.52. The molecule has 0 aromatic heterocycles. The number of hydrogen-bond donors (Lipinski definition) is 2. The number of benzene rings is 1. The van der Waals surface area contributed by atoms with Crippen molar-refractivity contribution in [2.24, 2.45) is 0 Å². The molecule has 0 aliphatic heterocycles. The van der Waals surface area contributed by atoms with Crippen LogP contribution in [0.15, 0.2) is 12.1 Å². The maximum atomic E-state index is 12.5. The van der Waals surface area contributed by atoms with Crippen molar-refractivity contribution in [2.45, 2.75) is 6.92 Å². The minimum absolute atomic E-state index is 0.0890. The molecule has 0 saturated carbocycles. The van der Waals surface area contributed by atoms with Gasteiger partial charge in [-0.3, -0.25) is 4.79 Å². The Morgan fingerprint density at radius 3 is 2.42 bits per heavy atom. The summed E-state index contributed by atoms with van der Waals surface area (Å²) in [5.41, 5.74) is -0.0890. The summed E-state index contributed by atoms with van der Waals surface area (Å²) in [6, 6.07) is 1.60. The summed E-state index contributed by atoms with van der Waals surface area (Å²) in [6.45, 7) is 1.21. The van der Waals surface area contributed by atoms with Gasteiger partial charge in [0.25, 0.3) is 0 Å². The van der Waals surface area contributed by atoms with Crippen molar-refractivity contribution in [2.75, 3.05) is 0 Å². The van der Waals surface area contributed by atoms with E-state index in [9.17, 15) is 9.18 Å². The van der Waals surface area contributed by atoms with Gasteiger partial charge < -0.3 is 10.2 Å². The molecule has 4 heteroatoms. The predicted molar refractivity (Wildman–Crippen MR) is 39.7 cm³/mol. The third kappa shape index (κ3) is 1.37. The third-order valence-corrected chi connectivity index (χ3v) is 1.44. The summed E-state index contributed by atoms with van der Waals surface area (Å²) >= 11 is 0. The maximum absolute atomic E-state index is 12.5. The Morgan fingerprint density at radius 1 is 1.33 bits per heavy atom.